The van der Waals surface area contributed by atoms with Gasteiger partial charge in [-0.3, -0.25) is 0 Å². The van der Waals surface area contributed by atoms with Crippen LogP contribution in [-0.4, -0.2) is 16.5 Å². The minimum Gasteiger partial charge on any atom is -0.348 e. The van der Waals surface area contributed by atoms with Gasteiger partial charge in [-0.2, -0.15) is 0 Å². The van der Waals surface area contributed by atoms with Crippen LogP contribution in [0.1, 0.15) is 11.3 Å². The Balaban J connectivity index is 0.00000144. The van der Waals surface area contributed by atoms with Crippen molar-refractivity contribution in [1.29, 1.82) is 0 Å². The van der Waals surface area contributed by atoms with Crippen LogP contribution < -0.4 is 5.32 Å². The zero-order valence-corrected chi connectivity index (χ0v) is 11.4. The highest BCUT2D eigenvalue weighted by molar-refractivity contribution is 5.85. The first-order chi connectivity index (χ1) is 7.84. The van der Waals surface area contributed by atoms with Crippen molar-refractivity contribution in [2.75, 3.05) is 6.54 Å². The number of nitrogens with zero attached hydrogens (tertiary/aromatic N) is 1. The first-order valence-electron chi connectivity index (χ1n) is 5.27. The van der Waals surface area contributed by atoms with E-state index in [-0.39, 0.29) is 30.6 Å². The molecule has 2 N–H and O–H groups in total. The Morgan fingerprint density at radius 1 is 1.17 bits per heavy atom. The lowest BCUT2D eigenvalue weighted by Gasteiger charge is -2.03. The second kappa shape index (κ2) is 8.91. The molecule has 3 nitrogen and oxygen atoms in total. The maximum atomic E-state index is 12.6. The summed E-state index contributed by atoms with van der Waals surface area (Å²) in [6.07, 6.45) is 4.41. The third-order valence-corrected chi connectivity index (χ3v) is 2.37. The Morgan fingerprint density at radius 2 is 1.89 bits per heavy atom. The largest absolute Gasteiger partial charge is 0.348 e. The monoisotopic (exact) mass is 291 g/mol. The fraction of sp³-hybridized carbons (Fsp3) is 0.250. The Labute approximate surface area is 118 Å². The third-order valence-electron chi connectivity index (χ3n) is 2.37. The van der Waals surface area contributed by atoms with E-state index in [2.05, 4.69) is 15.3 Å². The smallest absolute Gasteiger partial charge is 0.123 e. The van der Waals surface area contributed by atoms with Crippen LogP contribution in [0.25, 0.3) is 0 Å². The summed E-state index contributed by atoms with van der Waals surface area (Å²) in [6.45, 7) is 1.63. The van der Waals surface area contributed by atoms with Gasteiger partial charge in [0, 0.05) is 31.4 Å². The third kappa shape index (κ3) is 5.49. The average molecular weight is 292 g/mol. The maximum absolute atomic E-state index is 12.6. The van der Waals surface area contributed by atoms with E-state index in [1.165, 1.54) is 12.1 Å². The summed E-state index contributed by atoms with van der Waals surface area (Å²) in [5.41, 5.74) is 2.21. The van der Waals surface area contributed by atoms with Gasteiger partial charge in [-0.1, -0.05) is 12.1 Å². The molecule has 0 atom stereocenters. The van der Waals surface area contributed by atoms with Crippen LogP contribution in [-0.2, 0) is 13.0 Å². The summed E-state index contributed by atoms with van der Waals surface area (Å²) < 4.78 is 12.6. The number of aromatic nitrogens is 2. The Hall–Kier alpha value is -1.10. The van der Waals surface area contributed by atoms with Gasteiger partial charge in [0.15, 0.2) is 0 Å². The number of hydrogen-bond donors (Lipinski definition) is 2. The number of hydrogen-bond acceptors (Lipinski definition) is 2. The number of benzene rings is 1. The van der Waals surface area contributed by atoms with Crippen LogP contribution in [0.3, 0.4) is 0 Å². The van der Waals surface area contributed by atoms with Crippen LogP contribution in [0, 0.1) is 5.82 Å². The molecule has 0 aliphatic heterocycles. The summed E-state index contributed by atoms with van der Waals surface area (Å²) in [4.78, 5) is 6.99. The Kier molecular flexibility index (Phi) is 8.37. The minimum atomic E-state index is -0.193. The molecule has 0 saturated carbocycles. The SMILES string of the molecule is Cl.Cl.Fc1ccc(CNCCc2cnc[nH]2)cc1. The van der Waals surface area contributed by atoms with E-state index in [1.54, 1.807) is 18.5 Å². The standard InChI is InChI=1S/C12H14FN3.2ClH/c13-11-3-1-10(2-4-11)7-14-6-5-12-8-15-9-16-12;;/h1-4,8-9,14H,5-7H2,(H,15,16);2*1H. The number of aromatic amines is 1. The second-order valence-electron chi connectivity index (χ2n) is 3.63. The van der Waals surface area contributed by atoms with Crippen LogP contribution in [0.4, 0.5) is 4.39 Å². The fourth-order valence-electron chi connectivity index (χ4n) is 1.48. The van der Waals surface area contributed by atoms with Crippen molar-refractivity contribution in [2.24, 2.45) is 0 Å². The topological polar surface area (TPSA) is 40.7 Å². The summed E-state index contributed by atoms with van der Waals surface area (Å²) in [5, 5.41) is 3.29. The predicted molar refractivity (Wildman–Crippen MR) is 74.9 cm³/mol. The van der Waals surface area contributed by atoms with E-state index in [0.29, 0.717) is 0 Å². The van der Waals surface area contributed by atoms with E-state index in [4.69, 9.17) is 0 Å². The molecule has 1 aromatic heterocycles. The molecule has 100 valence electrons. The molecule has 0 aliphatic carbocycles. The summed E-state index contributed by atoms with van der Waals surface area (Å²) in [5.74, 6) is -0.193. The Morgan fingerprint density at radius 3 is 2.50 bits per heavy atom. The molecule has 2 aromatic rings. The van der Waals surface area contributed by atoms with Crippen molar-refractivity contribution in [1.82, 2.24) is 15.3 Å². The van der Waals surface area contributed by atoms with E-state index in [0.717, 1.165) is 30.8 Å². The van der Waals surface area contributed by atoms with Crippen LogP contribution in [0.15, 0.2) is 36.8 Å². The number of rotatable bonds is 5. The molecule has 0 spiro atoms. The molecule has 0 amide bonds. The van der Waals surface area contributed by atoms with Crippen molar-refractivity contribution >= 4 is 24.8 Å². The van der Waals surface area contributed by atoms with E-state index in [9.17, 15) is 4.39 Å². The first-order valence-corrected chi connectivity index (χ1v) is 5.27. The molecule has 0 bridgehead atoms. The van der Waals surface area contributed by atoms with Crippen molar-refractivity contribution < 1.29 is 4.39 Å². The van der Waals surface area contributed by atoms with Gasteiger partial charge in [-0.15, -0.1) is 24.8 Å². The quantitative estimate of drug-likeness (QED) is 0.832. The normalized spacial score (nSPS) is 9.39. The van der Waals surface area contributed by atoms with Gasteiger partial charge in [-0.25, -0.2) is 9.37 Å². The van der Waals surface area contributed by atoms with Crippen molar-refractivity contribution in [3.63, 3.8) is 0 Å². The molecule has 6 heteroatoms. The van der Waals surface area contributed by atoms with Gasteiger partial charge in [0.25, 0.3) is 0 Å². The van der Waals surface area contributed by atoms with Gasteiger partial charge >= 0.3 is 0 Å². The zero-order chi connectivity index (χ0) is 11.2. The fourth-order valence-corrected chi connectivity index (χ4v) is 1.48. The average Bonchev–Trinajstić information content (AvgIpc) is 2.80. The molecule has 18 heavy (non-hydrogen) atoms. The number of H-pyrrole nitrogens is 1. The number of imidazole rings is 1. The van der Waals surface area contributed by atoms with Crippen molar-refractivity contribution in [3.8, 4) is 0 Å². The second-order valence-corrected chi connectivity index (χ2v) is 3.63. The lowest BCUT2D eigenvalue weighted by atomic mass is 10.2. The molecule has 0 fully saturated rings. The number of nitrogens with one attached hydrogen (secondary N) is 2. The molecule has 0 saturated heterocycles. The summed E-state index contributed by atoms with van der Waals surface area (Å²) in [6, 6.07) is 6.54. The van der Waals surface area contributed by atoms with Crippen LogP contribution in [0.2, 0.25) is 0 Å². The molecule has 1 aromatic carbocycles. The molecule has 1 heterocycles. The van der Waals surface area contributed by atoms with Gasteiger partial charge in [-0.05, 0) is 17.7 Å². The molecular formula is C12H16Cl2FN3. The van der Waals surface area contributed by atoms with Crippen molar-refractivity contribution in [2.45, 2.75) is 13.0 Å². The molecule has 0 radical (unpaired) electrons. The van der Waals surface area contributed by atoms with E-state index < -0.39 is 0 Å². The Bertz CT molecular complexity index is 417. The van der Waals surface area contributed by atoms with Gasteiger partial charge in [0.2, 0.25) is 0 Å². The summed E-state index contributed by atoms with van der Waals surface area (Å²) in [7, 11) is 0. The van der Waals surface area contributed by atoms with Crippen molar-refractivity contribution in [3.05, 3.63) is 53.9 Å². The van der Waals surface area contributed by atoms with Gasteiger partial charge < -0.3 is 10.3 Å². The lowest BCUT2D eigenvalue weighted by Crippen LogP contribution is -2.16. The highest BCUT2D eigenvalue weighted by Gasteiger charge is 1.95. The highest BCUT2D eigenvalue weighted by Crippen LogP contribution is 2.02. The molecule has 2 rings (SSSR count). The predicted octanol–water partition coefficient (Wildman–Crippen LogP) is 2.72. The number of halogens is 3. The first kappa shape index (κ1) is 16.9. The van der Waals surface area contributed by atoms with Gasteiger partial charge in [0.05, 0.1) is 6.33 Å². The summed E-state index contributed by atoms with van der Waals surface area (Å²) >= 11 is 0. The lowest BCUT2D eigenvalue weighted by molar-refractivity contribution is 0.624. The van der Waals surface area contributed by atoms with Crippen LogP contribution >= 0.6 is 24.8 Å². The maximum Gasteiger partial charge on any atom is 0.123 e. The van der Waals surface area contributed by atoms with Crippen LogP contribution in [0.5, 0.6) is 0 Å². The van der Waals surface area contributed by atoms with E-state index >= 15 is 0 Å². The minimum absolute atomic E-state index is 0. The molecule has 0 aliphatic rings. The molecular weight excluding hydrogens is 276 g/mol. The van der Waals surface area contributed by atoms with Gasteiger partial charge in [0.1, 0.15) is 5.82 Å². The zero-order valence-electron chi connectivity index (χ0n) is 9.73. The molecule has 0 unspecified atom stereocenters. The van der Waals surface area contributed by atoms with E-state index in [1.807, 2.05) is 6.20 Å². The highest BCUT2D eigenvalue weighted by atomic mass is 35.5.